The first-order valence-electron chi connectivity index (χ1n) is 8.60. The molecule has 3 aromatic rings. The molecule has 1 unspecified atom stereocenters. The Hall–Kier alpha value is -2.73. The van der Waals surface area contributed by atoms with Gasteiger partial charge in [-0.1, -0.05) is 30.3 Å². The Balaban J connectivity index is 1.41. The van der Waals surface area contributed by atoms with Crippen molar-refractivity contribution in [3.63, 3.8) is 0 Å². The Morgan fingerprint density at radius 1 is 1.15 bits per heavy atom. The molecule has 1 aromatic heterocycles. The van der Waals surface area contributed by atoms with E-state index in [9.17, 15) is 14.7 Å². The number of hydrogen-bond acceptors (Lipinski definition) is 4. The first-order chi connectivity index (χ1) is 12.6. The summed E-state index contributed by atoms with van der Waals surface area (Å²) >= 11 is 1.66. The zero-order valence-corrected chi connectivity index (χ0v) is 14.9. The fourth-order valence-corrected chi connectivity index (χ4v) is 4.42. The second-order valence-electron chi connectivity index (χ2n) is 6.38. The molecule has 26 heavy (non-hydrogen) atoms. The number of rotatable bonds is 5. The molecule has 4 rings (SSSR count). The average molecular weight is 366 g/mol. The van der Waals surface area contributed by atoms with Crippen molar-refractivity contribution >= 4 is 39.1 Å². The van der Waals surface area contributed by atoms with E-state index in [2.05, 4.69) is 11.1 Å². The van der Waals surface area contributed by atoms with Gasteiger partial charge in [0.15, 0.2) is 0 Å². The molecule has 0 spiro atoms. The highest BCUT2D eigenvalue weighted by Crippen LogP contribution is 2.36. The third-order valence-electron chi connectivity index (χ3n) is 4.69. The Morgan fingerprint density at radius 2 is 1.92 bits per heavy atom. The van der Waals surface area contributed by atoms with Gasteiger partial charge in [0.05, 0.1) is 15.2 Å². The van der Waals surface area contributed by atoms with Crippen LogP contribution in [0.25, 0.3) is 10.2 Å². The summed E-state index contributed by atoms with van der Waals surface area (Å²) in [6.45, 7) is 0.217. The van der Waals surface area contributed by atoms with Gasteiger partial charge in [0.2, 0.25) is 5.91 Å². The minimum Gasteiger partial charge on any atom is -0.481 e. The second-order valence-corrected chi connectivity index (χ2v) is 7.50. The number of aromatic nitrogens is 1. The van der Waals surface area contributed by atoms with Crippen LogP contribution >= 0.6 is 11.3 Å². The first-order valence-corrected chi connectivity index (χ1v) is 9.41. The molecule has 5 nitrogen and oxygen atoms in total. The van der Waals surface area contributed by atoms with Gasteiger partial charge < -0.3 is 10.0 Å². The van der Waals surface area contributed by atoms with Crippen LogP contribution in [0.4, 0.5) is 5.69 Å². The van der Waals surface area contributed by atoms with E-state index >= 15 is 0 Å². The fourth-order valence-electron chi connectivity index (χ4n) is 3.41. The summed E-state index contributed by atoms with van der Waals surface area (Å²) in [5.41, 5.74) is 2.45. The summed E-state index contributed by atoms with van der Waals surface area (Å²) in [4.78, 5) is 30.3. The number of hydrogen-bond donors (Lipinski definition) is 1. The van der Waals surface area contributed by atoms with Gasteiger partial charge in [-0.05, 0) is 36.6 Å². The predicted molar refractivity (Wildman–Crippen MR) is 102 cm³/mol. The minimum absolute atomic E-state index is 0.0256. The van der Waals surface area contributed by atoms with Gasteiger partial charge in [-0.15, -0.1) is 11.3 Å². The van der Waals surface area contributed by atoms with Gasteiger partial charge >= 0.3 is 5.97 Å². The molecule has 1 N–H and O–H groups in total. The monoisotopic (exact) mass is 366 g/mol. The van der Waals surface area contributed by atoms with Crippen LogP contribution in [0.1, 0.15) is 29.3 Å². The summed E-state index contributed by atoms with van der Waals surface area (Å²) in [7, 11) is 0. The predicted octanol–water partition coefficient (Wildman–Crippen LogP) is 3.83. The molecule has 2 aromatic carbocycles. The topological polar surface area (TPSA) is 70.5 Å². The third-order valence-corrected chi connectivity index (χ3v) is 5.78. The normalized spacial score (nSPS) is 16.0. The highest BCUT2D eigenvalue weighted by molar-refractivity contribution is 7.18. The van der Waals surface area contributed by atoms with Crippen molar-refractivity contribution in [1.82, 2.24) is 4.98 Å². The number of carbonyl (C=O) groups is 2. The van der Waals surface area contributed by atoms with Gasteiger partial charge in [-0.25, -0.2) is 4.98 Å². The zero-order chi connectivity index (χ0) is 18.1. The number of aryl methyl sites for hydroxylation is 1. The van der Waals surface area contributed by atoms with Crippen molar-refractivity contribution in [3.05, 3.63) is 59.1 Å². The molecular formula is C20H18N2O3S. The van der Waals surface area contributed by atoms with E-state index in [1.165, 1.54) is 0 Å². The van der Waals surface area contributed by atoms with Crippen molar-refractivity contribution in [2.75, 3.05) is 11.4 Å². The van der Waals surface area contributed by atoms with Crippen molar-refractivity contribution < 1.29 is 14.7 Å². The molecule has 0 aliphatic carbocycles. The van der Waals surface area contributed by atoms with E-state index in [1.807, 2.05) is 36.4 Å². The molecular weight excluding hydrogens is 348 g/mol. The molecule has 1 atom stereocenters. The number of para-hydroxylation sites is 2. The molecule has 1 amide bonds. The fraction of sp³-hybridized carbons (Fsp3) is 0.250. The van der Waals surface area contributed by atoms with Gasteiger partial charge in [-0.3, -0.25) is 9.59 Å². The molecule has 0 saturated carbocycles. The van der Waals surface area contributed by atoms with E-state index < -0.39 is 11.9 Å². The molecule has 6 heteroatoms. The number of nitrogens with zero attached hydrogens (tertiary/aromatic N) is 2. The van der Waals surface area contributed by atoms with Gasteiger partial charge in [0, 0.05) is 18.7 Å². The van der Waals surface area contributed by atoms with Gasteiger partial charge in [0.25, 0.3) is 0 Å². The molecule has 2 heterocycles. The third kappa shape index (κ3) is 3.08. The Morgan fingerprint density at radius 3 is 2.73 bits per heavy atom. The van der Waals surface area contributed by atoms with Crippen molar-refractivity contribution in [1.29, 1.82) is 0 Å². The lowest BCUT2D eigenvalue weighted by Crippen LogP contribution is -2.31. The van der Waals surface area contributed by atoms with E-state index in [0.717, 1.165) is 32.9 Å². The van der Waals surface area contributed by atoms with Crippen LogP contribution in [0.3, 0.4) is 0 Å². The van der Waals surface area contributed by atoms with E-state index in [1.54, 1.807) is 22.3 Å². The molecule has 0 saturated heterocycles. The van der Waals surface area contributed by atoms with Crippen LogP contribution in [0, 0.1) is 0 Å². The number of carbonyl (C=O) groups excluding carboxylic acids is 1. The molecule has 1 aliphatic heterocycles. The lowest BCUT2D eigenvalue weighted by Gasteiger charge is -2.17. The van der Waals surface area contributed by atoms with Crippen LogP contribution in [0.5, 0.6) is 0 Å². The molecule has 0 bridgehead atoms. The second kappa shape index (κ2) is 6.88. The van der Waals surface area contributed by atoms with Crippen LogP contribution in [-0.4, -0.2) is 28.5 Å². The van der Waals surface area contributed by atoms with E-state index in [-0.39, 0.29) is 12.5 Å². The van der Waals surface area contributed by atoms with Crippen LogP contribution in [0.15, 0.2) is 48.5 Å². The standard InChI is InChI=1S/C20H18N2O3S/c23-19(11-5-10-18-21-15-7-2-4-9-17(15)26-18)22-12-14(20(24)25)13-6-1-3-8-16(13)22/h1-4,6-9,14H,5,10-12H2,(H,24,25). The SMILES string of the molecule is O=C(O)C1CN(C(=O)CCCc2nc3ccccc3s2)c2ccccc21. The Kier molecular flexibility index (Phi) is 4.42. The maximum Gasteiger partial charge on any atom is 0.312 e. The zero-order valence-electron chi connectivity index (χ0n) is 14.1. The number of anilines is 1. The Bertz CT molecular complexity index is 949. The van der Waals surface area contributed by atoms with Crippen LogP contribution < -0.4 is 4.90 Å². The van der Waals surface area contributed by atoms with Crippen LogP contribution in [0.2, 0.25) is 0 Å². The average Bonchev–Trinajstić information content (AvgIpc) is 3.22. The number of amides is 1. The number of benzene rings is 2. The summed E-state index contributed by atoms with van der Waals surface area (Å²) < 4.78 is 1.16. The smallest absolute Gasteiger partial charge is 0.312 e. The first kappa shape index (κ1) is 16.7. The molecule has 132 valence electrons. The maximum absolute atomic E-state index is 12.7. The van der Waals surface area contributed by atoms with E-state index in [4.69, 9.17) is 0 Å². The van der Waals surface area contributed by atoms with Crippen LogP contribution in [-0.2, 0) is 16.0 Å². The summed E-state index contributed by atoms with van der Waals surface area (Å²) in [6.07, 6.45) is 1.84. The lowest BCUT2D eigenvalue weighted by atomic mass is 10.0. The van der Waals surface area contributed by atoms with Gasteiger partial charge in [0.1, 0.15) is 5.92 Å². The largest absolute Gasteiger partial charge is 0.481 e. The van der Waals surface area contributed by atoms with Crippen molar-refractivity contribution in [2.45, 2.75) is 25.2 Å². The summed E-state index contributed by atoms with van der Waals surface area (Å²) in [6, 6.07) is 15.3. The lowest BCUT2D eigenvalue weighted by molar-refractivity contribution is -0.138. The number of fused-ring (bicyclic) bond motifs is 2. The molecule has 0 fully saturated rings. The van der Waals surface area contributed by atoms with Crippen molar-refractivity contribution in [2.24, 2.45) is 0 Å². The number of thiazole rings is 1. The highest BCUT2D eigenvalue weighted by atomic mass is 32.1. The Labute approximate surface area is 154 Å². The quantitative estimate of drug-likeness (QED) is 0.745. The van der Waals surface area contributed by atoms with Crippen molar-refractivity contribution in [3.8, 4) is 0 Å². The summed E-state index contributed by atoms with van der Waals surface area (Å²) in [5.74, 6) is -1.55. The van der Waals surface area contributed by atoms with E-state index in [0.29, 0.717) is 12.8 Å². The number of aliphatic carboxylic acids is 1. The number of carboxylic acids is 1. The van der Waals surface area contributed by atoms with Gasteiger partial charge in [-0.2, -0.15) is 0 Å². The minimum atomic E-state index is -0.887. The highest BCUT2D eigenvalue weighted by Gasteiger charge is 2.35. The molecule has 1 aliphatic rings. The maximum atomic E-state index is 12.7. The number of carboxylic acid groups (broad SMARTS) is 1. The summed E-state index contributed by atoms with van der Waals surface area (Å²) in [5, 5.41) is 10.4. The molecule has 0 radical (unpaired) electrons.